The molecule has 0 amide bonds. The molecule has 0 bridgehead atoms. The maximum Gasteiger partial charge on any atom is 0.508 e. The lowest BCUT2D eigenvalue weighted by atomic mass is 9.97. The molecular weight excluding hydrogens is 497 g/mol. The molecule has 1 rings (SSSR count). The number of benzene rings is 1. The van der Waals surface area contributed by atoms with Crippen LogP contribution in [0.15, 0.2) is 12.1 Å². The molecule has 1 aromatic carbocycles. The van der Waals surface area contributed by atoms with E-state index in [0.29, 0.717) is 0 Å². The van der Waals surface area contributed by atoms with Crippen molar-refractivity contribution in [2.45, 2.75) is 20.5 Å². The van der Waals surface area contributed by atoms with Crippen LogP contribution in [0.2, 0.25) is 0 Å². The van der Waals surface area contributed by atoms with Gasteiger partial charge < -0.3 is 18.9 Å². The Bertz CT molecular complexity index is 915. The van der Waals surface area contributed by atoms with Crippen LogP contribution in [0.5, 0.6) is 11.5 Å². The summed E-state index contributed by atoms with van der Waals surface area (Å²) in [5.41, 5.74) is -1.34. The molecule has 0 unspecified atom stereocenters. The Morgan fingerprint density at radius 1 is 1.06 bits per heavy atom. The molecule has 192 valence electrons. The molecule has 0 spiro atoms. The number of carbonyl (C=O) groups excluding carboxylic acids is 2. The average Bonchev–Trinajstić information content (AvgIpc) is 2.82. The Hall–Kier alpha value is -2.38. The average molecular weight is 525 g/mol. The summed E-state index contributed by atoms with van der Waals surface area (Å²) in [6.07, 6.45) is -1.11. The van der Waals surface area contributed by atoms with Gasteiger partial charge in [-0.2, -0.15) is 0 Å². The van der Waals surface area contributed by atoms with Gasteiger partial charge in [0.15, 0.2) is 16.6 Å². The van der Waals surface area contributed by atoms with E-state index in [2.05, 4.69) is 9.05 Å². The van der Waals surface area contributed by atoms with Crippen LogP contribution < -0.4 is 9.47 Å². The highest BCUT2D eigenvalue weighted by molar-refractivity contribution is 8.13. The Kier molecular flexibility index (Phi) is 11.8. The predicted molar refractivity (Wildman–Crippen MR) is 121 cm³/mol. The van der Waals surface area contributed by atoms with Gasteiger partial charge in [-0.3, -0.25) is 28.5 Å². The highest BCUT2D eigenvalue weighted by Crippen LogP contribution is 2.47. The van der Waals surface area contributed by atoms with E-state index in [0.717, 1.165) is 17.8 Å². The van der Waals surface area contributed by atoms with Gasteiger partial charge in [0.05, 0.1) is 42.8 Å². The number of phosphoric ester groups is 1. The van der Waals surface area contributed by atoms with E-state index in [9.17, 15) is 24.3 Å². The number of nitrogens with zero attached hydrogens (tertiary/aromatic N) is 1. The van der Waals surface area contributed by atoms with E-state index in [1.165, 1.54) is 34.5 Å². The maximum absolute atomic E-state index is 12.4. The van der Waals surface area contributed by atoms with Crippen molar-refractivity contribution in [2.24, 2.45) is 5.41 Å². The van der Waals surface area contributed by atoms with Gasteiger partial charge in [-0.15, -0.1) is 0 Å². The molecule has 0 N–H and O–H groups in total. The number of methoxy groups -OCH3 is 2. The van der Waals surface area contributed by atoms with Crippen LogP contribution in [0.4, 0.5) is 10.5 Å². The lowest BCUT2D eigenvalue weighted by Gasteiger charge is -2.22. The van der Waals surface area contributed by atoms with Crippen LogP contribution in [0.1, 0.15) is 19.4 Å². The predicted octanol–water partition coefficient (Wildman–Crippen LogP) is 3.97. The Morgan fingerprint density at radius 3 is 2.18 bits per heavy atom. The topological polar surface area (TPSA) is 159 Å². The zero-order valence-electron chi connectivity index (χ0n) is 19.7. The van der Waals surface area contributed by atoms with Gasteiger partial charge in [0.1, 0.15) is 13.2 Å². The smallest absolute Gasteiger partial charge is 0.493 e. The number of ether oxygens (including phenoxy) is 4. The normalized spacial score (nSPS) is 11.6. The highest BCUT2D eigenvalue weighted by Gasteiger charge is 2.31. The largest absolute Gasteiger partial charge is 0.508 e. The van der Waals surface area contributed by atoms with E-state index < -0.39 is 30.9 Å². The SMILES string of the molecule is COc1cc(COC(=O)OCC(C)(C)C(=O)SCCOP(=O)(OC)OC)c([N+](=O)[O-])cc1OC. The first-order valence-electron chi connectivity index (χ1n) is 9.65. The molecule has 13 nitrogen and oxygen atoms in total. The molecule has 0 aliphatic heterocycles. The fourth-order valence-corrected chi connectivity index (χ4v) is 3.93. The van der Waals surface area contributed by atoms with Gasteiger partial charge >= 0.3 is 14.0 Å². The van der Waals surface area contributed by atoms with E-state index >= 15 is 0 Å². The number of thioether (sulfide) groups is 1. The van der Waals surface area contributed by atoms with Crippen molar-refractivity contribution in [3.8, 4) is 11.5 Å². The summed E-state index contributed by atoms with van der Waals surface area (Å²) in [5.74, 6) is 0.531. The molecule has 0 aliphatic carbocycles. The molecule has 0 saturated carbocycles. The molecule has 0 heterocycles. The summed E-state index contributed by atoms with van der Waals surface area (Å²) >= 11 is 0.891. The lowest BCUT2D eigenvalue weighted by Crippen LogP contribution is -2.29. The molecule has 0 atom stereocenters. The van der Waals surface area contributed by atoms with Gasteiger partial charge in [0.2, 0.25) is 0 Å². The molecule has 15 heteroatoms. The number of nitro benzene ring substituents is 1. The fraction of sp³-hybridized carbons (Fsp3) is 0.579. The van der Waals surface area contributed by atoms with Crippen LogP contribution in [0.3, 0.4) is 0 Å². The number of nitro groups is 1. The van der Waals surface area contributed by atoms with Gasteiger partial charge in [-0.25, -0.2) is 9.36 Å². The van der Waals surface area contributed by atoms with Crippen molar-refractivity contribution in [1.82, 2.24) is 0 Å². The van der Waals surface area contributed by atoms with Gasteiger partial charge in [0.25, 0.3) is 5.69 Å². The molecule has 34 heavy (non-hydrogen) atoms. The van der Waals surface area contributed by atoms with Gasteiger partial charge in [0, 0.05) is 20.0 Å². The lowest BCUT2D eigenvalue weighted by molar-refractivity contribution is -0.385. The maximum atomic E-state index is 12.4. The molecule has 0 aliphatic rings. The highest BCUT2D eigenvalue weighted by atomic mass is 32.2. The quantitative estimate of drug-likeness (QED) is 0.113. The first-order valence-corrected chi connectivity index (χ1v) is 12.1. The number of phosphoric acid groups is 1. The van der Waals surface area contributed by atoms with E-state index in [1.54, 1.807) is 13.8 Å². The van der Waals surface area contributed by atoms with E-state index in [-0.39, 0.29) is 46.8 Å². The second-order valence-corrected chi connectivity index (χ2v) is 10.0. The van der Waals surface area contributed by atoms with Crippen molar-refractivity contribution >= 4 is 36.5 Å². The summed E-state index contributed by atoms with van der Waals surface area (Å²) < 4.78 is 46.1. The summed E-state index contributed by atoms with van der Waals surface area (Å²) in [5, 5.41) is 11.0. The minimum absolute atomic E-state index is 0.0647. The summed E-state index contributed by atoms with van der Waals surface area (Å²) in [7, 11) is 1.41. The molecule has 0 fully saturated rings. The second kappa shape index (κ2) is 13.5. The minimum atomic E-state index is -3.63. The number of carbonyl (C=O) groups is 2. The summed E-state index contributed by atoms with van der Waals surface area (Å²) in [4.78, 5) is 35.1. The third-order valence-electron chi connectivity index (χ3n) is 4.24. The third kappa shape index (κ3) is 8.76. The second-order valence-electron chi connectivity index (χ2n) is 7.09. The van der Waals surface area contributed by atoms with Crippen molar-refractivity contribution in [3.05, 3.63) is 27.8 Å². The van der Waals surface area contributed by atoms with Crippen molar-refractivity contribution in [3.63, 3.8) is 0 Å². The first-order chi connectivity index (χ1) is 15.9. The number of hydrogen-bond donors (Lipinski definition) is 0. The summed E-state index contributed by atoms with van der Waals surface area (Å²) in [6.45, 7) is 2.28. The number of hydrogen-bond acceptors (Lipinski definition) is 13. The number of rotatable bonds is 14. The van der Waals surface area contributed by atoms with Crippen LogP contribution >= 0.6 is 19.6 Å². The van der Waals surface area contributed by atoms with Crippen LogP contribution in [-0.2, 0) is 39.0 Å². The molecule has 0 radical (unpaired) electrons. The van der Waals surface area contributed by atoms with Crippen molar-refractivity contribution in [1.29, 1.82) is 0 Å². The van der Waals surface area contributed by atoms with E-state index in [4.69, 9.17) is 23.5 Å². The minimum Gasteiger partial charge on any atom is -0.493 e. The fourth-order valence-electron chi connectivity index (χ4n) is 2.33. The first kappa shape index (κ1) is 29.7. The molecule has 0 aromatic heterocycles. The van der Waals surface area contributed by atoms with Crippen LogP contribution in [-0.4, -0.2) is 63.6 Å². The monoisotopic (exact) mass is 525 g/mol. The Morgan fingerprint density at radius 2 is 1.65 bits per heavy atom. The van der Waals surface area contributed by atoms with Gasteiger partial charge in [-0.05, 0) is 19.9 Å². The Balaban J connectivity index is 2.61. The van der Waals surface area contributed by atoms with Gasteiger partial charge in [-0.1, -0.05) is 11.8 Å². The third-order valence-corrected chi connectivity index (χ3v) is 6.82. The molecule has 1 aromatic rings. The Labute approximate surface area is 201 Å². The van der Waals surface area contributed by atoms with Crippen molar-refractivity contribution in [2.75, 3.05) is 47.4 Å². The summed E-state index contributed by atoms with van der Waals surface area (Å²) in [6, 6.07) is 2.48. The van der Waals surface area contributed by atoms with Crippen LogP contribution in [0, 0.1) is 15.5 Å². The van der Waals surface area contributed by atoms with Crippen molar-refractivity contribution < 1.29 is 51.6 Å². The zero-order chi connectivity index (χ0) is 25.9. The zero-order valence-corrected chi connectivity index (χ0v) is 21.4. The molecular formula is C19H28NO12PS. The standard InChI is InChI=1S/C19H28NO12PS/c1-19(2,17(21)34-8-7-32-33(25,28-5)29-6)12-31-18(22)30-11-13-9-15(26-3)16(27-4)10-14(13)20(23)24/h9-10H,7-8,11-12H2,1-6H3. The van der Waals surface area contributed by atoms with E-state index in [1.807, 2.05) is 0 Å². The van der Waals surface area contributed by atoms with Crippen LogP contribution in [0.25, 0.3) is 0 Å². The molecule has 0 saturated heterocycles.